The number of hydrogen-bond acceptors (Lipinski definition) is 2. The van der Waals surface area contributed by atoms with E-state index in [9.17, 15) is 4.79 Å². The van der Waals surface area contributed by atoms with Gasteiger partial charge in [0.25, 0.3) is 0 Å². The Labute approximate surface area is 95.7 Å². The van der Waals surface area contributed by atoms with Crippen LogP contribution in [0.15, 0.2) is 24.3 Å². The Morgan fingerprint density at radius 3 is 2.56 bits per heavy atom. The summed E-state index contributed by atoms with van der Waals surface area (Å²) in [6, 6.07) is 7.50. The van der Waals surface area contributed by atoms with E-state index in [1.54, 1.807) is 12.1 Å². The molecule has 0 radical (unpaired) electrons. The minimum absolute atomic E-state index is 0.204. The quantitative estimate of drug-likeness (QED) is 0.849. The zero-order valence-electron chi connectivity index (χ0n) is 9.52. The number of benzene rings is 1. The Morgan fingerprint density at radius 1 is 1.31 bits per heavy atom. The predicted molar refractivity (Wildman–Crippen MR) is 62.6 cm³/mol. The number of carboxylic acid groups (broad SMARTS) is 1. The molecule has 0 spiro atoms. The molecule has 2 rings (SSSR count). The molecule has 86 valence electrons. The molecule has 0 saturated carbocycles. The monoisotopic (exact) mass is 219 g/mol. The molecular formula is C13H17NO2. The van der Waals surface area contributed by atoms with Crippen molar-refractivity contribution in [1.29, 1.82) is 0 Å². The number of aromatic carboxylic acids is 1. The minimum Gasteiger partial charge on any atom is -0.478 e. The Bertz CT molecular complexity index is 383. The van der Waals surface area contributed by atoms with Crippen LogP contribution in [0, 0.1) is 0 Å². The molecular weight excluding hydrogens is 202 g/mol. The van der Waals surface area contributed by atoms with Crippen molar-refractivity contribution < 1.29 is 9.90 Å². The van der Waals surface area contributed by atoms with E-state index >= 15 is 0 Å². The van der Waals surface area contributed by atoms with Gasteiger partial charge in [-0.2, -0.15) is 0 Å². The highest BCUT2D eigenvalue weighted by Gasteiger charge is 2.22. The summed E-state index contributed by atoms with van der Waals surface area (Å²) < 4.78 is 0. The summed E-state index contributed by atoms with van der Waals surface area (Å²) in [4.78, 5) is 13.5. The molecule has 1 heterocycles. The van der Waals surface area contributed by atoms with Crippen LogP contribution < -0.4 is 0 Å². The van der Waals surface area contributed by atoms with Crippen LogP contribution in [-0.4, -0.2) is 29.1 Å². The van der Waals surface area contributed by atoms with Crippen LogP contribution >= 0.6 is 0 Å². The lowest BCUT2D eigenvalue weighted by Gasteiger charge is -2.25. The molecule has 1 aliphatic heterocycles. The van der Waals surface area contributed by atoms with Crippen LogP contribution in [0.5, 0.6) is 0 Å². The minimum atomic E-state index is -0.832. The number of carboxylic acids is 1. The average Bonchev–Trinajstić information content (AvgIpc) is 2.81. The van der Waals surface area contributed by atoms with E-state index in [0.29, 0.717) is 5.56 Å². The van der Waals surface area contributed by atoms with Crippen molar-refractivity contribution in [1.82, 2.24) is 4.90 Å². The van der Waals surface area contributed by atoms with Gasteiger partial charge in [0.2, 0.25) is 0 Å². The van der Waals surface area contributed by atoms with Crippen molar-refractivity contribution in [2.24, 2.45) is 0 Å². The summed E-state index contributed by atoms with van der Waals surface area (Å²) in [6.07, 6.45) is 2.44. The summed E-state index contributed by atoms with van der Waals surface area (Å²) in [6.45, 7) is 4.25. The lowest BCUT2D eigenvalue weighted by atomic mass is 10.0. The van der Waals surface area contributed by atoms with E-state index in [0.717, 1.165) is 18.7 Å². The first-order valence-electron chi connectivity index (χ1n) is 5.76. The Morgan fingerprint density at radius 2 is 1.94 bits per heavy atom. The Balaban J connectivity index is 2.27. The maximum atomic E-state index is 11.1. The third-order valence-corrected chi connectivity index (χ3v) is 3.33. The van der Waals surface area contributed by atoms with E-state index in [-0.39, 0.29) is 6.04 Å². The first kappa shape index (κ1) is 11.1. The van der Waals surface area contributed by atoms with Crippen LogP contribution in [0.2, 0.25) is 0 Å². The maximum absolute atomic E-state index is 11.1. The van der Waals surface area contributed by atoms with Gasteiger partial charge in [-0.3, -0.25) is 4.90 Å². The first-order valence-corrected chi connectivity index (χ1v) is 5.76. The van der Waals surface area contributed by atoms with Crippen molar-refractivity contribution in [2.75, 3.05) is 13.1 Å². The van der Waals surface area contributed by atoms with Gasteiger partial charge in [0, 0.05) is 6.04 Å². The van der Waals surface area contributed by atoms with Crippen molar-refractivity contribution >= 4 is 5.97 Å². The Hall–Kier alpha value is -1.35. The summed E-state index contributed by atoms with van der Waals surface area (Å²) in [5.74, 6) is -0.832. The number of hydrogen-bond donors (Lipinski definition) is 1. The number of nitrogens with zero attached hydrogens (tertiary/aromatic N) is 1. The third kappa shape index (κ3) is 2.09. The van der Waals surface area contributed by atoms with Gasteiger partial charge in [-0.05, 0) is 44.5 Å². The Kier molecular flexibility index (Phi) is 3.25. The van der Waals surface area contributed by atoms with Crippen molar-refractivity contribution in [3.63, 3.8) is 0 Å². The predicted octanol–water partition coefficient (Wildman–Crippen LogP) is 2.54. The lowest BCUT2D eigenvalue weighted by Crippen LogP contribution is -2.24. The molecule has 1 aromatic rings. The molecule has 16 heavy (non-hydrogen) atoms. The van der Waals surface area contributed by atoms with Gasteiger partial charge in [0.05, 0.1) is 5.56 Å². The fraction of sp³-hybridized carbons (Fsp3) is 0.462. The summed E-state index contributed by atoms with van der Waals surface area (Å²) in [7, 11) is 0. The molecule has 1 aliphatic rings. The highest BCUT2D eigenvalue weighted by atomic mass is 16.4. The summed E-state index contributed by atoms with van der Waals surface area (Å²) in [5.41, 5.74) is 1.36. The van der Waals surface area contributed by atoms with Gasteiger partial charge in [-0.1, -0.05) is 18.2 Å². The van der Waals surface area contributed by atoms with Gasteiger partial charge in [-0.15, -0.1) is 0 Å². The summed E-state index contributed by atoms with van der Waals surface area (Å²) >= 11 is 0. The standard InChI is InChI=1S/C13H17NO2/c1-10(14-8-4-5-9-14)11-6-2-3-7-12(11)13(15)16/h2-3,6-7,10H,4-5,8-9H2,1H3,(H,15,16). The van der Waals surface area contributed by atoms with Crippen LogP contribution in [0.1, 0.15) is 41.7 Å². The smallest absolute Gasteiger partial charge is 0.336 e. The van der Waals surface area contributed by atoms with E-state index in [2.05, 4.69) is 11.8 Å². The molecule has 1 aromatic carbocycles. The molecule has 1 fully saturated rings. The fourth-order valence-electron chi connectivity index (χ4n) is 2.38. The highest BCUT2D eigenvalue weighted by Crippen LogP contribution is 2.26. The molecule has 1 saturated heterocycles. The molecule has 1 atom stereocenters. The second-order valence-corrected chi connectivity index (χ2v) is 4.31. The topological polar surface area (TPSA) is 40.5 Å². The van der Waals surface area contributed by atoms with Crippen molar-refractivity contribution in [2.45, 2.75) is 25.8 Å². The van der Waals surface area contributed by atoms with Crippen LogP contribution in [0.4, 0.5) is 0 Å². The SMILES string of the molecule is CC(c1ccccc1C(=O)O)N1CCCC1. The largest absolute Gasteiger partial charge is 0.478 e. The lowest BCUT2D eigenvalue weighted by molar-refractivity contribution is 0.0693. The molecule has 0 aliphatic carbocycles. The van der Waals surface area contributed by atoms with Gasteiger partial charge in [-0.25, -0.2) is 4.79 Å². The van der Waals surface area contributed by atoms with Crippen molar-refractivity contribution in [3.8, 4) is 0 Å². The molecule has 3 heteroatoms. The first-order chi connectivity index (χ1) is 7.70. The third-order valence-electron chi connectivity index (χ3n) is 3.33. The van der Waals surface area contributed by atoms with E-state index < -0.39 is 5.97 Å². The van der Waals surface area contributed by atoms with Crippen LogP contribution in [-0.2, 0) is 0 Å². The number of carbonyl (C=O) groups is 1. The van der Waals surface area contributed by atoms with Crippen LogP contribution in [0.25, 0.3) is 0 Å². The molecule has 1 N–H and O–H groups in total. The van der Waals surface area contributed by atoms with E-state index in [4.69, 9.17) is 5.11 Å². The van der Waals surface area contributed by atoms with Gasteiger partial charge in [0.1, 0.15) is 0 Å². The van der Waals surface area contributed by atoms with E-state index in [1.807, 2.05) is 12.1 Å². The van der Waals surface area contributed by atoms with Gasteiger partial charge >= 0.3 is 5.97 Å². The molecule has 0 aromatic heterocycles. The van der Waals surface area contributed by atoms with E-state index in [1.165, 1.54) is 12.8 Å². The molecule has 3 nitrogen and oxygen atoms in total. The number of likely N-dealkylation sites (tertiary alicyclic amines) is 1. The number of rotatable bonds is 3. The zero-order valence-corrected chi connectivity index (χ0v) is 9.52. The molecule has 0 amide bonds. The maximum Gasteiger partial charge on any atom is 0.336 e. The fourth-order valence-corrected chi connectivity index (χ4v) is 2.38. The normalized spacial score (nSPS) is 18.6. The van der Waals surface area contributed by atoms with Gasteiger partial charge < -0.3 is 5.11 Å². The molecule has 1 unspecified atom stereocenters. The average molecular weight is 219 g/mol. The second kappa shape index (κ2) is 4.66. The highest BCUT2D eigenvalue weighted by molar-refractivity contribution is 5.89. The van der Waals surface area contributed by atoms with Gasteiger partial charge in [0.15, 0.2) is 0 Å². The second-order valence-electron chi connectivity index (χ2n) is 4.31. The van der Waals surface area contributed by atoms with Crippen molar-refractivity contribution in [3.05, 3.63) is 35.4 Å². The molecule has 0 bridgehead atoms. The summed E-state index contributed by atoms with van der Waals surface area (Å²) in [5, 5.41) is 9.14. The van der Waals surface area contributed by atoms with Crippen LogP contribution in [0.3, 0.4) is 0 Å². The zero-order chi connectivity index (χ0) is 11.5.